The lowest BCUT2D eigenvalue weighted by molar-refractivity contribution is -0.139. The Hall–Kier alpha value is -3.22. The highest BCUT2D eigenvalue weighted by Crippen LogP contribution is 2.19. The molecule has 0 radical (unpaired) electrons. The molecule has 0 saturated carbocycles. The summed E-state index contributed by atoms with van der Waals surface area (Å²) in [6.45, 7) is 3.29. The van der Waals surface area contributed by atoms with Crippen molar-refractivity contribution in [2.45, 2.75) is 19.9 Å². The maximum atomic E-state index is 13.4. The summed E-state index contributed by atoms with van der Waals surface area (Å²) in [6, 6.07) is 7.95. The third kappa shape index (κ3) is 3.08. The Morgan fingerprint density at radius 1 is 1.24 bits per heavy atom. The van der Waals surface area contributed by atoms with Gasteiger partial charge in [0.2, 0.25) is 0 Å². The Bertz CT molecular complexity index is 981. The monoisotopic (exact) mass is 341 g/mol. The van der Waals surface area contributed by atoms with Crippen molar-refractivity contribution >= 4 is 17.4 Å². The second-order valence-corrected chi connectivity index (χ2v) is 5.72. The highest BCUT2D eigenvalue weighted by Gasteiger charge is 2.25. The van der Waals surface area contributed by atoms with Crippen LogP contribution in [0.4, 0.5) is 4.39 Å². The number of aromatic nitrogens is 2. The third-order valence-corrected chi connectivity index (χ3v) is 3.98. The van der Waals surface area contributed by atoms with Gasteiger partial charge in [-0.1, -0.05) is 18.2 Å². The first-order valence-electron chi connectivity index (χ1n) is 7.62. The minimum Gasteiger partial charge on any atom is -0.479 e. The zero-order valence-electron chi connectivity index (χ0n) is 13.7. The first kappa shape index (κ1) is 16.6. The van der Waals surface area contributed by atoms with E-state index >= 15 is 0 Å². The molecular weight excluding hydrogens is 325 g/mol. The summed E-state index contributed by atoms with van der Waals surface area (Å²) in [5.74, 6) is -1.66. The van der Waals surface area contributed by atoms with E-state index < -0.39 is 23.7 Å². The zero-order valence-corrected chi connectivity index (χ0v) is 13.7. The van der Waals surface area contributed by atoms with Crippen molar-refractivity contribution in [1.29, 1.82) is 0 Å². The van der Waals surface area contributed by atoms with Gasteiger partial charge in [-0.3, -0.25) is 4.79 Å². The molecule has 2 heterocycles. The maximum Gasteiger partial charge on any atom is 0.330 e. The molecule has 0 saturated heterocycles. The van der Waals surface area contributed by atoms with Crippen molar-refractivity contribution in [2.24, 2.45) is 0 Å². The molecule has 128 valence electrons. The number of carbonyl (C=O) groups excluding carboxylic acids is 1. The molecule has 0 aliphatic rings. The lowest BCUT2D eigenvalue weighted by Crippen LogP contribution is -2.34. The Labute approximate surface area is 142 Å². The maximum absolute atomic E-state index is 13.4. The van der Waals surface area contributed by atoms with Gasteiger partial charge in [-0.25, -0.2) is 14.2 Å². The molecule has 0 bridgehead atoms. The van der Waals surface area contributed by atoms with Crippen molar-refractivity contribution in [3.05, 3.63) is 71.1 Å². The fourth-order valence-electron chi connectivity index (χ4n) is 2.69. The lowest BCUT2D eigenvalue weighted by atomic mass is 10.0. The van der Waals surface area contributed by atoms with Crippen molar-refractivity contribution in [3.63, 3.8) is 0 Å². The van der Waals surface area contributed by atoms with Crippen LogP contribution in [0.5, 0.6) is 0 Å². The average molecular weight is 341 g/mol. The molecule has 3 rings (SSSR count). The molecule has 1 unspecified atom stereocenters. The summed E-state index contributed by atoms with van der Waals surface area (Å²) < 4.78 is 15.2. The Morgan fingerprint density at radius 2 is 2.00 bits per heavy atom. The number of hydrogen-bond donors (Lipinski definition) is 2. The zero-order chi connectivity index (χ0) is 18.1. The summed E-state index contributed by atoms with van der Waals surface area (Å²) in [5.41, 5.74) is 1.32. The predicted octanol–water partition coefficient (Wildman–Crippen LogP) is 2.65. The number of hydrogen-bond acceptors (Lipinski definition) is 3. The van der Waals surface area contributed by atoms with E-state index in [1.165, 1.54) is 25.1 Å². The highest BCUT2D eigenvalue weighted by molar-refractivity contribution is 6.01. The van der Waals surface area contributed by atoms with Gasteiger partial charge in [0.1, 0.15) is 11.6 Å². The molecule has 2 N–H and O–H groups in total. The van der Waals surface area contributed by atoms with Crippen LogP contribution in [0.1, 0.15) is 33.5 Å². The number of nitrogens with zero attached hydrogens (tertiary/aromatic N) is 2. The molecule has 25 heavy (non-hydrogen) atoms. The topological polar surface area (TPSA) is 83.7 Å². The number of rotatable bonds is 4. The number of fused-ring (bicyclic) bond motifs is 1. The molecular formula is C18H16FN3O3. The van der Waals surface area contributed by atoms with Crippen molar-refractivity contribution < 1.29 is 19.1 Å². The molecule has 1 amide bonds. The van der Waals surface area contributed by atoms with Gasteiger partial charge in [-0.15, -0.1) is 0 Å². The van der Waals surface area contributed by atoms with Crippen LogP contribution in [0.15, 0.2) is 42.6 Å². The average Bonchev–Trinajstić information content (AvgIpc) is 2.92. The summed E-state index contributed by atoms with van der Waals surface area (Å²) in [4.78, 5) is 28.4. The van der Waals surface area contributed by atoms with E-state index in [0.717, 1.165) is 0 Å². The number of nitrogens with one attached hydrogen (secondary N) is 1. The molecule has 1 atom stereocenters. The van der Waals surface area contributed by atoms with E-state index in [1.54, 1.807) is 29.7 Å². The van der Waals surface area contributed by atoms with Gasteiger partial charge >= 0.3 is 5.97 Å². The number of amides is 1. The first-order valence-corrected chi connectivity index (χ1v) is 7.62. The van der Waals surface area contributed by atoms with Gasteiger partial charge in [-0.2, -0.15) is 0 Å². The molecule has 0 fully saturated rings. The molecule has 1 aromatic carbocycles. The van der Waals surface area contributed by atoms with Gasteiger partial charge < -0.3 is 14.8 Å². The smallest absolute Gasteiger partial charge is 0.330 e. The van der Waals surface area contributed by atoms with Gasteiger partial charge in [0.15, 0.2) is 11.7 Å². The van der Waals surface area contributed by atoms with Crippen LogP contribution in [0.3, 0.4) is 0 Å². The van der Waals surface area contributed by atoms with Crippen LogP contribution < -0.4 is 5.32 Å². The number of benzene rings is 1. The fourth-order valence-corrected chi connectivity index (χ4v) is 2.69. The number of carboxylic acid groups (broad SMARTS) is 1. The van der Waals surface area contributed by atoms with Crippen LogP contribution in [0.25, 0.3) is 5.52 Å². The molecule has 2 aromatic heterocycles. The fraction of sp³-hybridized carbons (Fsp3) is 0.167. The largest absolute Gasteiger partial charge is 0.479 e. The molecule has 0 spiro atoms. The van der Waals surface area contributed by atoms with Gasteiger partial charge in [-0.05, 0) is 43.2 Å². The van der Waals surface area contributed by atoms with E-state index in [0.29, 0.717) is 22.5 Å². The number of aryl methyl sites for hydroxylation is 2. The summed E-state index contributed by atoms with van der Waals surface area (Å²) >= 11 is 0. The van der Waals surface area contributed by atoms with E-state index in [4.69, 9.17) is 0 Å². The van der Waals surface area contributed by atoms with Crippen molar-refractivity contribution in [3.8, 4) is 0 Å². The van der Waals surface area contributed by atoms with Crippen molar-refractivity contribution in [1.82, 2.24) is 14.7 Å². The predicted molar refractivity (Wildman–Crippen MR) is 88.9 cm³/mol. The van der Waals surface area contributed by atoms with Crippen LogP contribution in [-0.2, 0) is 4.79 Å². The lowest BCUT2D eigenvalue weighted by Gasteiger charge is -2.15. The van der Waals surface area contributed by atoms with Crippen LogP contribution in [-0.4, -0.2) is 26.4 Å². The van der Waals surface area contributed by atoms with Crippen molar-refractivity contribution in [2.75, 3.05) is 0 Å². The third-order valence-electron chi connectivity index (χ3n) is 3.98. The van der Waals surface area contributed by atoms with E-state index in [2.05, 4.69) is 10.3 Å². The van der Waals surface area contributed by atoms with E-state index in [-0.39, 0.29) is 5.69 Å². The quantitative estimate of drug-likeness (QED) is 0.764. The van der Waals surface area contributed by atoms with Crippen LogP contribution in [0, 0.1) is 19.7 Å². The number of carbonyl (C=O) groups is 2. The molecule has 3 aromatic rings. The standard InChI is InChI=1S/C18H16FN3O3/c1-10-9-12(6-7-13(10)19)15(18(24)25)21-17(23)16-14-5-3-4-8-22(14)11(2)20-16/h3-9,15H,1-2H3,(H,21,23)(H,24,25). The SMILES string of the molecule is Cc1cc(C(NC(=O)c2nc(C)n3ccccc23)C(=O)O)ccc1F. The minimum absolute atomic E-state index is 0.142. The van der Waals surface area contributed by atoms with E-state index in [9.17, 15) is 19.1 Å². The molecule has 0 aliphatic carbocycles. The molecule has 0 aliphatic heterocycles. The molecule has 7 heteroatoms. The summed E-state index contributed by atoms with van der Waals surface area (Å²) in [5, 5.41) is 11.9. The van der Waals surface area contributed by atoms with Gasteiger partial charge in [0, 0.05) is 6.20 Å². The molecule has 6 nitrogen and oxygen atoms in total. The second kappa shape index (κ2) is 6.35. The number of imidazole rings is 1. The Morgan fingerprint density at radius 3 is 2.68 bits per heavy atom. The minimum atomic E-state index is -1.30. The number of pyridine rings is 1. The van der Waals surface area contributed by atoms with Gasteiger partial charge in [0.25, 0.3) is 5.91 Å². The summed E-state index contributed by atoms with van der Waals surface area (Å²) in [6.07, 6.45) is 1.77. The van der Waals surface area contributed by atoms with Crippen LogP contribution in [0.2, 0.25) is 0 Å². The number of aliphatic carboxylic acids is 1. The Kier molecular flexibility index (Phi) is 4.22. The summed E-state index contributed by atoms with van der Waals surface area (Å²) in [7, 11) is 0. The van der Waals surface area contributed by atoms with Gasteiger partial charge in [0.05, 0.1) is 5.52 Å². The number of carboxylic acids is 1. The van der Waals surface area contributed by atoms with E-state index in [1.807, 2.05) is 6.07 Å². The normalized spacial score (nSPS) is 12.1. The second-order valence-electron chi connectivity index (χ2n) is 5.72. The first-order chi connectivity index (χ1) is 11.9. The Balaban J connectivity index is 1.95. The van der Waals surface area contributed by atoms with Crippen LogP contribution >= 0.6 is 0 Å². The highest BCUT2D eigenvalue weighted by atomic mass is 19.1. The number of halogens is 1.